The van der Waals surface area contributed by atoms with Crippen LogP contribution in [-0.4, -0.2) is 30.7 Å². The third-order valence-electron chi connectivity index (χ3n) is 3.95. The van der Waals surface area contributed by atoms with E-state index in [0.717, 1.165) is 11.1 Å². The highest BCUT2D eigenvalue weighted by Crippen LogP contribution is 2.36. The Hall–Kier alpha value is -2.35. The number of nitrogens with zero attached hydrogens (tertiary/aromatic N) is 2. The molecule has 2 aromatic rings. The average molecular weight is 335 g/mol. The minimum absolute atomic E-state index is 0.0485. The summed E-state index contributed by atoms with van der Waals surface area (Å²) in [6.45, 7) is 4.03. The Bertz CT molecular complexity index is 886. The van der Waals surface area contributed by atoms with Crippen molar-refractivity contribution in [1.29, 1.82) is 0 Å². The van der Waals surface area contributed by atoms with Crippen LogP contribution < -0.4 is 9.46 Å². The first kappa shape index (κ1) is 15.5. The Morgan fingerprint density at radius 3 is 2.70 bits per heavy atom. The van der Waals surface area contributed by atoms with Crippen LogP contribution in [0.25, 0.3) is 0 Å². The number of fused-ring (bicyclic) bond motifs is 1. The number of nitrogens with one attached hydrogen (secondary N) is 1. The maximum Gasteiger partial charge on any atom is 0.267 e. The largest absolute Gasteiger partial charge is 0.492 e. The number of hydrogen-bond donors (Lipinski definition) is 1. The average Bonchev–Trinajstić information content (AvgIpc) is 3.06. The Balaban J connectivity index is 1.85. The van der Waals surface area contributed by atoms with E-state index in [4.69, 9.17) is 4.74 Å². The molecule has 0 spiro atoms. The lowest BCUT2D eigenvalue weighted by molar-refractivity contribution is -0.120. The molecular weight excluding hydrogens is 318 g/mol. The summed E-state index contributed by atoms with van der Waals surface area (Å²) < 4.78 is 33.4. The Labute approximate surface area is 134 Å². The van der Waals surface area contributed by atoms with Crippen molar-refractivity contribution in [2.45, 2.75) is 24.7 Å². The van der Waals surface area contributed by atoms with Crippen LogP contribution in [0.1, 0.15) is 22.6 Å². The van der Waals surface area contributed by atoms with Crippen molar-refractivity contribution in [1.82, 2.24) is 14.5 Å². The van der Waals surface area contributed by atoms with Gasteiger partial charge in [0, 0.05) is 18.8 Å². The molecule has 0 radical (unpaired) electrons. The van der Waals surface area contributed by atoms with E-state index in [-0.39, 0.29) is 11.5 Å². The zero-order valence-electron chi connectivity index (χ0n) is 13.0. The van der Waals surface area contributed by atoms with Crippen LogP contribution >= 0.6 is 0 Å². The van der Waals surface area contributed by atoms with Crippen molar-refractivity contribution in [3.63, 3.8) is 0 Å². The van der Waals surface area contributed by atoms with E-state index in [1.165, 1.54) is 17.1 Å². The molecule has 122 valence electrons. The molecule has 7 nitrogen and oxygen atoms in total. The van der Waals surface area contributed by atoms with E-state index in [1.54, 1.807) is 7.05 Å². The Kier molecular flexibility index (Phi) is 3.63. The van der Waals surface area contributed by atoms with Crippen LogP contribution in [0.15, 0.2) is 29.4 Å². The van der Waals surface area contributed by atoms with Gasteiger partial charge in [0.25, 0.3) is 10.0 Å². The lowest BCUT2D eigenvalue weighted by Crippen LogP contribution is -2.35. The number of carbonyl (C=O) groups is 1. The van der Waals surface area contributed by atoms with Crippen molar-refractivity contribution in [3.05, 3.63) is 41.2 Å². The lowest BCUT2D eigenvalue weighted by atomic mass is 9.97. The molecule has 23 heavy (non-hydrogen) atoms. The summed E-state index contributed by atoms with van der Waals surface area (Å²) in [7, 11) is -2.33. The summed E-state index contributed by atoms with van der Waals surface area (Å²) in [6.07, 6.45) is 2.53. The molecule has 3 rings (SSSR count). The second-order valence-electron chi connectivity index (χ2n) is 5.66. The molecule has 0 fully saturated rings. The fourth-order valence-corrected chi connectivity index (χ4v) is 3.49. The third kappa shape index (κ3) is 2.81. The maximum atomic E-state index is 12.4. The van der Waals surface area contributed by atoms with Gasteiger partial charge in [-0.05, 0) is 31.0 Å². The summed E-state index contributed by atoms with van der Waals surface area (Å²) >= 11 is 0. The van der Waals surface area contributed by atoms with Gasteiger partial charge in [-0.25, -0.2) is 13.1 Å². The summed E-state index contributed by atoms with van der Waals surface area (Å²) in [4.78, 5) is 12.4. The summed E-state index contributed by atoms with van der Waals surface area (Å²) in [6, 6.07) is 3.74. The van der Waals surface area contributed by atoms with Gasteiger partial charge in [0.2, 0.25) is 5.91 Å². The zero-order chi connectivity index (χ0) is 16.8. The van der Waals surface area contributed by atoms with E-state index >= 15 is 0 Å². The summed E-state index contributed by atoms with van der Waals surface area (Å²) in [5.41, 5.74) is 2.81. The van der Waals surface area contributed by atoms with Crippen molar-refractivity contribution < 1.29 is 17.9 Å². The van der Waals surface area contributed by atoms with E-state index in [2.05, 4.69) is 9.82 Å². The van der Waals surface area contributed by atoms with Crippen LogP contribution in [0.2, 0.25) is 0 Å². The molecule has 0 saturated carbocycles. The van der Waals surface area contributed by atoms with E-state index in [1.807, 2.05) is 26.0 Å². The highest BCUT2D eigenvalue weighted by Gasteiger charge is 2.33. The van der Waals surface area contributed by atoms with Crippen LogP contribution in [0.3, 0.4) is 0 Å². The van der Waals surface area contributed by atoms with Gasteiger partial charge in [0.05, 0.1) is 6.20 Å². The second kappa shape index (κ2) is 5.38. The lowest BCUT2D eigenvalue weighted by Gasteiger charge is -2.11. The summed E-state index contributed by atoms with van der Waals surface area (Å²) in [5, 5.41) is 3.81. The second-order valence-corrected chi connectivity index (χ2v) is 7.34. The van der Waals surface area contributed by atoms with Crippen LogP contribution in [-0.2, 0) is 21.9 Å². The Morgan fingerprint density at radius 2 is 2.04 bits per heavy atom. The van der Waals surface area contributed by atoms with E-state index in [9.17, 15) is 13.2 Å². The number of hydrogen-bond acceptors (Lipinski definition) is 5. The molecule has 1 aromatic carbocycles. The standard InChI is InChI=1S/C15H17N3O4S/c1-9-4-12-13(8-22-14(12)5-10(9)2)15(19)17-23(20,21)11-6-16-18(3)7-11/h4-7,13H,8H2,1-3H3,(H,17,19)/t13-/m1/s1. The van der Waals surface area contributed by atoms with Crippen LogP contribution in [0.4, 0.5) is 0 Å². The molecule has 1 aromatic heterocycles. The minimum atomic E-state index is -3.94. The number of amides is 1. The highest BCUT2D eigenvalue weighted by atomic mass is 32.2. The molecule has 0 aliphatic carbocycles. The third-order valence-corrected chi connectivity index (χ3v) is 5.25. The summed E-state index contributed by atoms with van der Waals surface area (Å²) in [5.74, 6) is -0.612. The van der Waals surface area contributed by atoms with Gasteiger partial charge < -0.3 is 4.74 Å². The van der Waals surface area contributed by atoms with Crippen LogP contribution in [0.5, 0.6) is 5.75 Å². The zero-order valence-corrected chi connectivity index (χ0v) is 13.8. The van der Waals surface area contributed by atoms with Gasteiger partial charge in [-0.15, -0.1) is 0 Å². The first-order valence-corrected chi connectivity index (χ1v) is 8.55. The van der Waals surface area contributed by atoms with Gasteiger partial charge >= 0.3 is 0 Å². The first-order valence-electron chi connectivity index (χ1n) is 7.07. The number of rotatable bonds is 3. The number of benzene rings is 1. The molecular formula is C15H17N3O4S. The van der Waals surface area contributed by atoms with Crippen molar-refractivity contribution in [3.8, 4) is 5.75 Å². The van der Waals surface area contributed by atoms with E-state index < -0.39 is 21.8 Å². The number of aryl methyl sites for hydroxylation is 3. The molecule has 1 amide bonds. The quantitative estimate of drug-likeness (QED) is 0.904. The van der Waals surface area contributed by atoms with Gasteiger partial charge in [-0.3, -0.25) is 9.48 Å². The van der Waals surface area contributed by atoms with Gasteiger partial charge in [-0.1, -0.05) is 6.07 Å². The van der Waals surface area contributed by atoms with Gasteiger partial charge in [0.1, 0.15) is 23.2 Å². The highest BCUT2D eigenvalue weighted by molar-refractivity contribution is 7.90. The number of sulfonamides is 1. The number of aromatic nitrogens is 2. The van der Waals surface area contributed by atoms with Crippen molar-refractivity contribution in [2.24, 2.45) is 7.05 Å². The predicted octanol–water partition coefficient (Wildman–Crippen LogP) is 1.02. The molecule has 1 aliphatic rings. The topological polar surface area (TPSA) is 90.3 Å². The fraction of sp³-hybridized carbons (Fsp3) is 0.333. The molecule has 0 saturated heterocycles. The first-order chi connectivity index (χ1) is 10.8. The SMILES string of the molecule is Cc1cc2c(cc1C)[C@H](C(=O)NS(=O)(=O)c1cnn(C)c1)CO2. The monoisotopic (exact) mass is 335 g/mol. The number of ether oxygens (including phenoxy) is 1. The minimum Gasteiger partial charge on any atom is -0.492 e. The normalized spacial score (nSPS) is 16.7. The van der Waals surface area contributed by atoms with Gasteiger partial charge in [-0.2, -0.15) is 5.10 Å². The van der Waals surface area contributed by atoms with E-state index in [0.29, 0.717) is 11.3 Å². The fourth-order valence-electron chi connectivity index (χ4n) is 2.49. The predicted molar refractivity (Wildman–Crippen MR) is 82.7 cm³/mol. The van der Waals surface area contributed by atoms with Crippen LogP contribution in [0, 0.1) is 13.8 Å². The molecule has 1 N–H and O–H groups in total. The molecule has 1 aliphatic heterocycles. The number of carbonyl (C=O) groups excluding carboxylic acids is 1. The van der Waals surface area contributed by atoms with Crippen molar-refractivity contribution in [2.75, 3.05) is 6.61 Å². The Morgan fingerprint density at radius 1 is 1.35 bits per heavy atom. The molecule has 8 heteroatoms. The van der Waals surface area contributed by atoms with Crippen molar-refractivity contribution >= 4 is 15.9 Å². The molecule has 0 unspecified atom stereocenters. The molecule has 1 atom stereocenters. The maximum absolute atomic E-state index is 12.4. The molecule has 0 bridgehead atoms. The van der Waals surface area contributed by atoms with Gasteiger partial charge in [0.15, 0.2) is 0 Å². The smallest absolute Gasteiger partial charge is 0.267 e. The molecule has 2 heterocycles.